The lowest BCUT2D eigenvalue weighted by atomic mass is 10.1. The fourth-order valence-corrected chi connectivity index (χ4v) is 3.28. The molecule has 1 saturated carbocycles. The summed E-state index contributed by atoms with van der Waals surface area (Å²) in [5.41, 5.74) is 3.16. The summed E-state index contributed by atoms with van der Waals surface area (Å²) >= 11 is 0. The van der Waals surface area contributed by atoms with Crippen molar-refractivity contribution in [2.75, 3.05) is 18.5 Å². The van der Waals surface area contributed by atoms with Crippen molar-refractivity contribution in [2.24, 2.45) is 11.8 Å². The second-order valence-corrected chi connectivity index (χ2v) is 7.84. The topological polar surface area (TPSA) is 75.7 Å². The average molecular weight is 408 g/mol. The number of hydrogen-bond donors (Lipinski definition) is 1. The van der Waals surface area contributed by atoms with Crippen molar-refractivity contribution in [1.29, 1.82) is 0 Å². The van der Waals surface area contributed by atoms with Gasteiger partial charge in [-0.2, -0.15) is 0 Å². The lowest BCUT2D eigenvalue weighted by Gasteiger charge is -2.22. The van der Waals surface area contributed by atoms with Crippen LogP contribution in [-0.2, 0) is 20.9 Å². The molecular weight excluding hydrogens is 380 g/mol. The number of nitrogens with zero attached hydrogens (tertiary/aromatic N) is 1. The predicted octanol–water partition coefficient (Wildman–Crippen LogP) is 3.80. The molecule has 6 heteroatoms. The van der Waals surface area contributed by atoms with Gasteiger partial charge in [-0.15, -0.1) is 0 Å². The number of esters is 1. The van der Waals surface area contributed by atoms with Gasteiger partial charge in [0.05, 0.1) is 6.61 Å². The normalized spacial score (nSPS) is 17.2. The van der Waals surface area contributed by atoms with Crippen LogP contribution in [0.4, 0.5) is 5.69 Å². The zero-order valence-corrected chi connectivity index (χ0v) is 17.7. The van der Waals surface area contributed by atoms with E-state index in [0.29, 0.717) is 23.7 Å². The number of aryl methyl sites for hydroxylation is 1. The largest absolute Gasteiger partial charge is 0.465 e. The average Bonchev–Trinajstić information content (AvgIpc) is 3.46. The molecule has 2 atom stereocenters. The summed E-state index contributed by atoms with van der Waals surface area (Å²) in [5.74, 6) is -0.174. The summed E-state index contributed by atoms with van der Waals surface area (Å²) in [7, 11) is 0. The Balaban J connectivity index is 1.71. The van der Waals surface area contributed by atoms with Crippen molar-refractivity contribution in [2.45, 2.75) is 33.7 Å². The van der Waals surface area contributed by atoms with Crippen LogP contribution in [0.5, 0.6) is 0 Å². The Morgan fingerprint density at radius 1 is 1.07 bits per heavy atom. The first-order chi connectivity index (χ1) is 14.4. The second kappa shape index (κ2) is 9.57. The van der Waals surface area contributed by atoms with Crippen LogP contribution in [0.15, 0.2) is 48.5 Å². The van der Waals surface area contributed by atoms with Crippen molar-refractivity contribution >= 4 is 23.5 Å². The first kappa shape index (κ1) is 21.6. The van der Waals surface area contributed by atoms with Crippen LogP contribution in [0.1, 0.15) is 41.8 Å². The van der Waals surface area contributed by atoms with Gasteiger partial charge >= 0.3 is 5.97 Å². The standard InChI is InChI=1S/C24H28N2O4/c1-4-30-22(27)15-26(14-18-7-5-16(2)6-8-18)24(29)19-9-11-20(12-10-19)25-23(28)21-13-17(21)3/h5-12,17,21H,4,13-15H2,1-3H3,(H,25,28). The van der Waals surface area contributed by atoms with Crippen molar-refractivity contribution < 1.29 is 19.1 Å². The highest BCUT2D eigenvalue weighted by Gasteiger charge is 2.39. The highest BCUT2D eigenvalue weighted by Crippen LogP contribution is 2.38. The Morgan fingerprint density at radius 3 is 2.27 bits per heavy atom. The van der Waals surface area contributed by atoms with E-state index in [4.69, 9.17) is 4.74 Å². The van der Waals surface area contributed by atoms with Gasteiger partial charge in [-0.25, -0.2) is 0 Å². The van der Waals surface area contributed by atoms with Crippen molar-refractivity contribution in [3.63, 3.8) is 0 Å². The Labute approximate surface area is 177 Å². The minimum absolute atomic E-state index is 0.0184. The molecule has 2 aromatic carbocycles. The summed E-state index contributed by atoms with van der Waals surface area (Å²) in [6.45, 7) is 6.22. The first-order valence-corrected chi connectivity index (χ1v) is 10.3. The maximum absolute atomic E-state index is 13.1. The molecule has 30 heavy (non-hydrogen) atoms. The van der Waals surface area contributed by atoms with Gasteiger partial charge in [-0.1, -0.05) is 36.8 Å². The van der Waals surface area contributed by atoms with E-state index in [2.05, 4.69) is 12.2 Å². The number of nitrogens with one attached hydrogen (secondary N) is 1. The molecule has 0 aromatic heterocycles. The van der Waals surface area contributed by atoms with Crippen LogP contribution in [0, 0.1) is 18.8 Å². The van der Waals surface area contributed by atoms with E-state index in [1.54, 1.807) is 31.2 Å². The van der Waals surface area contributed by atoms with Crippen LogP contribution in [-0.4, -0.2) is 35.8 Å². The van der Waals surface area contributed by atoms with E-state index in [9.17, 15) is 14.4 Å². The predicted molar refractivity (Wildman–Crippen MR) is 115 cm³/mol. The van der Waals surface area contributed by atoms with E-state index in [0.717, 1.165) is 17.5 Å². The van der Waals surface area contributed by atoms with E-state index < -0.39 is 5.97 Å². The molecule has 0 spiro atoms. The minimum Gasteiger partial charge on any atom is -0.465 e. The van der Waals surface area contributed by atoms with E-state index in [-0.39, 0.29) is 30.9 Å². The van der Waals surface area contributed by atoms with Crippen LogP contribution in [0.3, 0.4) is 0 Å². The van der Waals surface area contributed by atoms with Crippen molar-refractivity contribution in [3.8, 4) is 0 Å². The summed E-state index contributed by atoms with van der Waals surface area (Å²) in [6, 6.07) is 14.6. The summed E-state index contributed by atoms with van der Waals surface area (Å²) in [6.07, 6.45) is 0.921. The number of carbonyl (C=O) groups is 3. The number of ether oxygens (including phenoxy) is 1. The van der Waals surface area contributed by atoms with Gasteiger partial charge in [0, 0.05) is 23.7 Å². The molecule has 0 aliphatic heterocycles. The van der Waals surface area contributed by atoms with E-state index in [1.165, 1.54) is 4.90 Å². The summed E-state index contributed by atoms with van der Waals surface area (Å²) in [4.78, 5) is 38.7. The van der Waals surface area contributed by atoms with Gasteiger partial charge in [-0.3, -0.25) is 14.4 Å². The lowest BCUT2D eigenvalue weighted by molar-refractivity contribution is -0.144. The highest BCUT2D eigenvalue weighted by atomic mass is 16.5. The van der Waals surface area contributed by atoms with Crippen LogP contribution >= 0.6 is 0 Å². The Bertz CT molecular complexity index is 906. The van der Waals surface area contributed by atoms with Gasteiger partial charge in [-0.05, 0) is 56.0 Å². The zero-order valence-electron chi connectivity index (χ0n) is 17.7. The Hall–Kier alpha value is -3.15. The smallest absolute Gasteiger partial charge is 0.325 e. The Kier molecular flexibility index (Phi) is 6.87. The van der Waals surface area contributed by atoms with E-state index >= 15 is 0 Å². The van der Waals surface area contributed by atoms with E-state index in [1.807, 2.05) is 31.2 Å². The SMILES string of the molecule is CCOC(=O)CN(Cc1ccc(C)cc1)C(=O)c1ccc(NC(=O)C2CC2C)cc1. The molecule has 0 heterocycles. The van der Waals surface area contributed by atoms with Crippen LogP contribution < -0.4 is 5.32 Å². The molecular formula is C24H28N2O4. The summed E-state index contributed by atoms with van der Waals surface area (Å²) < 4.78 is 5.03. The molecule has 1 aliphatic carbocycles. The zero-order chi connectivity index (χ0) is 21.7. The van der Waals surface area contributed by atoms with Gasteiger partial charge in [0.25, 0.3) is 5.91 Å². The maximum Gasteiger partial charge on any atom is 0.325 e. The minimum atomic E-state index is -0.444. The van der Waals surface area contributed by atoms with Crippen LogP contribution in [0.25, 0.3) is 0 Å². The molecule has 2 amide bonds. The third-order valence-corrected chi connectivity index (χ3v) is 5.25. The number of carbonyl (C=O) groups excluding carboxylic acids is 3. The second-order valence-electron chi connectivity index (χ2n) is 7.84. The number of hydrogen-bond acceptors (Lipinski definition) is 4. The monoisotopic (exact) mass is 408 g/mol. The quantitative estimate of drug-likeness (QED) is 0.674. The lowest BCUT2D eigenvalue weighted by Crippen LogP contribution is -2.36. The molecule has 3 rings (SSSR count). The highest BCUT2D eigenvalue weighted by molar-refractivity contribution is 5.98. The third kappa shape index (κ3) is 5.69. The summed E-state index contributed by atoms with van der Waals surface area (Å²) in [5, 5.41) is 2.89. The number of amides is 2. The molecule has 6 nitrogen and oxygen atoms in total. The molecule has 2 unspecified atom stereocenters. The maximum atomic E-state index is 13.1. The van der Waals surface area contributed by atoms with Gasteiger partial charge < -0.3 is 15.0 Å². The Morgan fingerprint density at radius 2 is 1.70 bits per heavy atom. The molecule has 0 saturated heterocycles. The van der Waals surface area contributed by atoms with Crippen molar-refractivity contribution in [3.05, 3.63) is 65.2 Å². The molecule has 1 aliphatic rings. The fraction of sp³-hybridized carbons (Fsp3) is 0.375. The van der Waals surface area contributed by atoms with Gasteiger partial charge in [0.1, 0.15) is 6.54 Å². The molecule has 1 N–H and O–H groups in total. The fourth-order valence-electron chi connectivity index (χ4n) is 3.28. The van der Waals surface area contributed by atoms with Crippen molar-refractivity contribution in [1.82, 2.24) is 4.90 Å². The molecule has 0 bridgehead atoms. The molecule has 1 fully saturated rings. The number of anilines is 1. The number of benzene rings is 2. The molecule has 158 valence electrons. The third-order valence-electron chi connectivity index (χ3n) is 5.25. The molecule has 2 aromatic rings. The van der Waals surface area contributed by atoms with Gasteiger partial charge in [0.2, 0.25) is 5.91 Å². The van der Waals surface area contributed by atoms with Crippen LogP contribution in [0.2, 0.25) is 0 Å². The van der Waals surface area contributed by atoms with Gasteiger partial charge in [0.15, 0.2) is 0 Å². The first-order valence-electron chi connectivity index (χ1n) is 10.3. The molecule has 0 radical (unpaired) electrons. The number of rotatable bonds is 8.